The van der Waals surface area contributed by atoms with E-state index in [4.69, 9.17) is 4.42 Å². The Morgan fingerprint density at radius 2 is 2.07 bits per heavy atom. The van der Waals surface area contributed by atoms with E-state index in [0.717, 1.165) is 48.8 Å². The molecule has 0 aliphatic heterocycles. The van der Waals surface area contributed by atoms with Gasteiger partial charge in [0.15, 0.2) is 5.16 Å². The third-order valence-electron chi connectivity index (χ3n) is 5.62. The molecule has 3 aromatic rings. The van der Waals surface area contributed by atoms with Gasteiger partial charge in [-0.3, -0.25) is 9.36 Å². The molecule has 2 heterocycles. The van der Waals surface area contributed by atoms with E-state index in [9.17, 15) is 4.79 Å². The molecule has 1 N–H and O–H groups in total. The van der Waals surface area contributed by atoms with Gasteiger partial charge in [0.2, 0.25) is 5.91 Å². The van der Waals surface area contributed by atoms with Crippen molar-refractivity contribution in [3.8, 4) is 0 Å². The van der Waals surface area contributed by atoms with Crippen LogP contribution in [-0.4, -0.2) is 26.4 Å². The molecule has 1 fully saturated rings. The van der Waals surface area contributed by atoms with Crippen LogP contribution in [0.1, 0.15) is 60.4 Å². The van der Waals surface area contributed by atoms with Gasteiger partial charge in [0.1, 0.15) is 11.6 Å². The van der Waals surface area contributed by atoms with E-state index < -0.39 is 0 Å². The molecule has 1 unspecified atom stereocenters. The van der Waals surface area contributed by atoms with E-state index >= 15 is 0 Å². The van der Waals surface area contributed by atoms with Crippen LogP contribution in [0.25, 0.3) is 0 Å². The number of nitrogens with one attached hydrogen (secondary N) is 1. The molecular formula is C22H24N4O2S. The second kappa shape index (κ2) is 8.06. The lowest BCUT2D eigenvalue weighted by molar-refractivity contribution is -0.119. The van der Waals surface area contributed by atoms with E-state index in [1.807, 2.05) is 12.1 Å². The average molecular weight is 409 g/mol. The first kappa shape index (κ1) is 18.5. The van der Waals surface area contributed by atoms with E-state index in [1.54, 1.807) is 6.26 Å². The van der Waals surface area contributed by atoms with Gasteiger partial charge in [-0.25, -0.2) is 0 Å². The minimum Gasteiger partial charge on any atom is -0.467 e. The number of fused-ring (bicyclic) bond motifs is 1. The summed E-state index contributed by atoms with van der Waals surface area (Å²) in [4.78, 5) is 12.7. The molecule has 7 heteroatoms. The van der Waals surface area contributed by atoms with Crippen LogP contribution >= 0.6 is 11.8 Å². The van der Waals surface area contributed by atoms with E-state index in [-0.39, 0.29) is 11.9 Å². The number of nitrogens with zero attached hydrogens (tertiary/aromatic N) is 3. The Hall–Kier alpha value is -2.54. The number of carbonyl (C=O) groups is 1. The van der Waals surface area contributed by atoms with Crippen molar-refractivity contribution in [3.05, 3.63) is 65.4 Å². The van der Waals surface area contributed by atoms with Crippen LogP contribution in [0.3, 0.4) is 0 Å². The number of furan rings is 1. The van der Waals surface area contributed by atoms with Gasteiger partial charge in [0.25, 0.3) is 0 Å². The first-order valence-electron chi connectivity index (χ1n) is 10.2. The highest BCUT2D eigenvalue weighted by Crippen LogP contribution is 2.40. The molecule has 6 nitrogen and oxygen atoms in total. The molecular weight excluding hydrogens is 384 g/mol. The van der Waals surface area contributed by atoms with E-state index in [2.05, 4.69) is 44.3 Å². The summed E-state index contributed by atoms with van der Waals surface area (Å²) in [5, 5.41) is 12.8. The zero-order chi connectivity index (χ0) is 19.6. The maximum Gasteiger partial charge on any atom is 0.230 e. The maximum absolute atomic E-state index is 12.7. The van der Waals surface area contributed by atoms with Gasteiger partial charge < -0.3 is 9.73 Å². The number of rotatable bonds is 7. The smallest absolute Gasteiger partial charge is 0.230 e. The summed E-state index contributed by atoms with van der Waals surface area (Å²) in [5.74, 6) is 2.73. The van der Waals surface area contributed by atoms with Gasteiger partial charge in [0.05, 0.1) is 24.6 Å². The van der Waals surface area contributed by atoms with Crippen LogP contribution < -0.4 is 5.32 Å². The van der Waals surface area contributed by atoms with Crippen molar-refractivity contribution in [2.75, 3.05) is 5.75 Å². The molecule has 2 aliphatic rings. The van der Waals surface area contributed by atoms with Crippen molar-refractivity contribution in [2.45, 2.75) is 55.8 Å². The van der Waals surface area contributed by atoms with E-state index in [0.29, 0.717) is 18.2 Å². The van der Waals surface area contributed by atoms with Gasteiger partial charge in [-0.05, 0) is 55.4 Å². The molecule has 2 aliphatic carbocycles. The number of hydrogen-bond donors (Lipinski definition) is 1. The van der Waals surface area contributed by atoms with Gasteiger partial charge in [-0.15, -0.1) is 10.2 Å². The highest BCUT2D eigenvalue weighted by atomic mass is 32.2. The molecule has 1 saturated carbocycles. The number of thioether (sulfide) groups is 1. The molecule has 29 heavy (non-hydrogen) atoms. The van der Waals surface area contributed by atoms with Crippen LogP contribution in [0.4, 0.5) is 0 Å². The number of benzene rings is 1. The second-order valence-electron chi connectivity index (χ2n) is 7.78. The Balaban J connectivity index is 1.25. The van der Waals surface area contributed by atoms with Crippen LogP contribution in [0, 0.1) is 0 Å². The number of aromatic nitrogens is 3. The van der Waals surface area contributed by atoms with Crippen molar-refractivity contribution in [3.63, 3.8) is 0 Å². The second-order valence-corrected chi connectivity index (χ2v) is 8.72. The zero-order valence-electron chi connectivity index (χ0n) is 16.2. The highest BCUT2D eigenvalue weighted by Gasteiger charge is 2.31. The van der Waals surface area contributed by atoms with E-state index in [1.165, 1.54) is 22.9 Å². The van der Waals surface area contributed by atoms with Crippen molar-refractivity contribution >= 4 is 17.7 Å². The molecule has 0 saturated heterocycles. The van der Waals surface area contributed by atoms with Crippen molar-refractivity contribution in [1.29, 1.82) is 0 Å². The number of carbonyl (C=O) groups excluding carboxylic acids is 1. The fourth-order valence-electron chi connectivity index (χ4n) is 4.03. The third-order valence-corrected chi connectivity index (χ3v) is 6.59. The summed E-state index contributed by atoms with van der Waals surface area (Å²) in [6.45, 7) is 0.603. The van der Waals surface area contributed by atoms with Crippen LogP contribution in [0.15, 0.2) is 52.2 Å². The predicted octanol–water partition coefficient (Wildman–Crippen LogP) is 4.08. The van der Waals surface area contributed by atoms with Crippen molar-refractivity contribution in [1.82, 2.24) is 20.1 Å². The molecule has 0 spiro atoms. The van der Waals surface area contributed by atoms with Gasteiger partial charge in [-0.1, -0.05) is 36.0 Å². The van der Waals surface area contributed by atoms with Gasteiger partial charge in [-0.2, -0.15) is 0 Å². The van der Waals surface area contributed by atoms with Gasteiger partial charge >= 0.3 is 0 Å². The highest BCUT2D eigenvalue weighted by molar-refractivity contribution is 7.99. The Kier molecular flexibility index (Phi) is 5.14. The quantitative estimate of drug-likeness (QED) is 0.596. The topological polar surface area (TPSA) is 73.0 Å². The number of aryl methyl sites for hydroxylation is 1. The van der Waals surface area contributed by atoms with Crippen LogP contribution in [-0.2, 0) is 17.8 Å². The molecule has 150 valence electrons. The SMILES string of the molecule is O=C(CSc1nnc(C2CC2)n1Cc1ccco1)NC1CCCc2ccccc21. The summed E-state index contributed by atoms with van der Waals surface area (Å²) in [7, 11) is 0. The summed E-state index contributed by atoms with van der Waals surface area (Å²) >= 11 is 1.45. The largest absolute Gasteiger partial charge is 0.467 e. The van der Waals surface area contributed by atoms with Gasteiger partial charge in [0, 0.05) is 5.92 Å². The zero-order valence-corrected chi connectivity index (χ0v) is 17.0. The summed E-state index contributed by atoms with van der Waals surface area (Å²) < 4.78 is 7.61. The molecule has 0 bridgehead atoms. The molecule has 1 aromatic carbocycles. The third kappa shape index (κ3) is 4.10. The Morgan fingerprint density at radius 1 is 1.17 bits per heavy atom. The number of hydrogen-bond acceptors (Lipinski definition) is 5. The van der Waals surface area contributed by atoms with Crippen molar-refractivity contribution in [2.24, 2.45) is 0 Å². The maximum atomic E-state index is 12.7. The van der Waals surface area contributed by atoms with Crippen molar-refractivity contribution < 1.29 is 9.21 Å². The minimum absolute atomic E-state index is 0.0391. The summed E-state index contributed by atoms with van der Waals surface area (Å²) in [5.41, 5.74) is 2.61. The molecule has 5 rings (SSSR count). The Morgan fingerprint density at radius 3 is 2.90 bits per heavy atom. The van der Waals surface area contributed by atoms with Crippen LogP contribution in [0.2, 0.25) is 0 Å². The first-order chi connectivity index (χ1) is 14.3. The first-order valence-corrected chi connectivity index (χ1v) is 11.2. The summed E-state index contributed by atoms with van der Waals surface area (Å²) in [6.07, 6.45) is 7.19. The normalized spacial score (nSPS) is 18.4. The fraction of sp³-hybridized carbons (Fsp3) is 0.409. The lowest BCUT2D eigenvalue weighted by Gasteiger charge is -2.26. The molecule has 0 radical (unpaired) electrons. The predicted molar refractivity (Wildman–Crippen MR) is 111 cm³/mol. The average Bonchev–Trinajstić information content (AvgIpc) is 3.30. The minimum atomic E-state index is 0.0391. The molecule has 1 atom stereocenters. The fourth-order valence-corrected chi connectivity index (χ4v) is 4.78. The Labute approximate surface area is 174 Å². The molecule has 1 amide bonds. The number of amides is 1. The molecule has 2 aromatic heterocycles. The standard InChI is InChI=1S/C22H24N4O2S/c27-20(23-19-9-3-6-15-5-1-2-8-18(15)19)14-29-22-25-24-21(16-10-11-16)26(22)13-17-7-4-12-28-17/h1-2,4-5,7-8,12,16,19H,3,6,9-11,13-14H2,(H,23,27). The Bertz CT molecular complexity index is 994. The van der Waals surface area contributed by atoms with Crippen LogP contribution in [0.5, 0.6) is 0 Å². The monoisotopic (exact) mass is 408 g/mol. The lowest BCUT2D eigenvalue weighted by atomic mass is 9.88. The summed E-state index contributed by atoms with van der Waals surface area (Å²) in [6, 6.07) is 12.4. The lowest BCUT2D eigenvalue weighted by Crippen LogP contribution is -2.32.